The summed E-state index contributed by atoms with van der Waals surface area (Å²) in [6, 6.07) is 1.89. The van der Waals surface area contributed by atoms with Crippen LogP contribution in [0.15, 0.2) is 10.7 Å². The quantitative estimate of drug-likeness (QED) is 0.911. The summed E-state index contributed by atoms with van der Waals surface area (Å²) >= 11 is 0. The lowest BCUT2D eigenvalue weighted by molar-refractivity contribution is -0.131. The van der Waals surface area contributed by atoms with Crippen molar-refractivity contribution in [1.29, 1.82) is 0 Å². The van der Waals surface area contributed by atoms with Gasteiger partial charge in [-0.25, -0.2) is 14.6 Å². The van der Waals surface area contributed by atoms with Crippen LogP contribution in [0.4, 0.5) is 5.82 Å². The molecule has 0 bridgehead atoms. The van der Waals surface area contributed by atoms with Crippen LogP contribution in [0, 0.1) is 13.8 Å². The molecule has 8 nitrogen and oxygen atoms in total. The molecule has 23 heavy (non-hydrogen) atoms. The molecule has 1 fully saturated rings. The molecule has 0 unspecified atom stereocenters. The third-order valence-electron chi connectivity index (χ3n) is 4.09. The van der Waals surface area contributed by atoms with Gasteiger partial charge in [-0.1, -0.05) is 10.3 Å². The summed E-state index contributed by atoms with van der Waals surface area (Å²) in [7, 11) is 1.82. The van der Waals surface area contributed by atoms with E-state index in [4.69, 9.17) is 0 Å². The Morgan fingerprint density at radius 3 is 2.91 bits per heavy atom. The second-order valence-electron chi connectivity index (χ2n) is 5.69. The first-order valence-corrected chi connectivity index (χ1v) is 7.69. The summed E-state index contributed by atoms with van der Waals surface area (Å²) in [5.74, 6) is 1.49. The summed E-state index contributed by atoms with van der Waals surface area (Å²) < 4.78 is 4.67. The maximum absolute atomic E-state index is 12.6. The van der Waals surface area contributed by atoms with E-state index in [1.54, 1.807) is 6.92 Å². The van der Waals surface area contributed by atoms with E-state index >= 15 is 0 Å². The smallest absolute Gasteiger partial charge is 0.229 e. The minimum atomic E-state index is -0.0172. The molecule has 1 aliphatic rings. The average Bonchev–Trinajstić information content (AvgIpc) is 3.16. The van der Waals surface area contributed by atoms with Crippen LogP contribution in [0.3, 0.4) is 0 Å². The van der Waals surface area contributed by atoms with Crippen LogP contribution in [-0.2, 0) is 11.2 Å². The fourth-order valence-corrected chi connectivity index (χ4v) is 2.92. The molecule has 3 rings (SSSR count). The Labute approximate surface area is 134 Å². The molecule has 0 saturated carbocycles. The average molecular weight is 316 g/mol. The standard InChI is InChI=1S/C15H20N6O2/c1-9-11(20-23-19-9)8-15(22)21-6-4-5-13(21)12-7-14(16-3)18-10(2)17-12/h7,13H,4-6,8H2,1-3H3,(H,16,17,18)/t13-/m0/s1. The van der Waals surface area contributed by atoms with E-state index in [0.717, 1.165) is 30.9 Å². The lowest BCUT2D eigenvalue weighted by Crippen LogP contribution is -2.32. The van der Waals surface area contributed by atoms with Crippen LogP contribution in [-0.4, -0.2) is 44.7 Å². The number of likely N-dealkylation sites (tertiary alicyclic amines) is 1. The summed E-state index contributed by atoms with van der Waals surface area (Å²) in [5, 5.41) is 10.6. The molecule has 1 aliphatic heterocycles. The number of nitrogens with one attached hydrogen (secondary N) is 1. The van der Waals surface area contributed by atoms with Crippen LogP contribution in [0.2, 0.25) is 0 Å². The first-order valence-electron chi connectivity index (χ1n) is 7.69. The van der Waals surface area contributed by atoms with Gasteiger partial charge in [-0.05, 0) is 26.7 Å². The molecule has 0 radical (unpaired) electrons. The van der Waals surface area contributed by atoms with Gasteiger partial charge in [0.15, 0.2) is 0 Å². The van der Waals surface area contributed by atoms with Crippen molar-refractivity contribution in [2.45, 2.75) is 39.2 Å². The molecular formula is C15H20N6O2. The van der Waals surface area contributed by atoms with Gasteiger partial charge >= 0.3 is 0 Å². The molecule has 0 aromatic carbocycles. The zero-order valence-electron chi connectivity index (χ0n) is 13.5. The van der Waals surface area contributed by atoms with E-state index in [1.165, 1.54) is 0 Å². The Kier molecular flexibility index (Phi) is 4.22. The largest absolute Gasteiger partial charge is 0.373 e. The number of carbonyl (C=O) groups is 1. The minimum absolute atomic E-state index is 0.0172. The molecule has 2 aromatic rings. The molecule has 2 aromatic heterocycles. The lowest BCUT2D eigenvalue weighted by atomic mass is 10.1. The normalized spacial score (nSPS) is 17.5. The van der Waals surface area contributed by atoms with Crippen LogP contribution < -0.4 is 5.32 Å². The van der Waals surface area contributed by atoms with E-state index in [0.29, 0.717) is 17.2 Å². The number of amides is 1. The first-order chi connectivity index (χ1) is 11.1. The van der Waals surface area contributed by atoms with Crippen molar-refractivity contribution in [2.24, 2.45) is 0 Å². The molecule has 1 saturated heterocycles. The fraction of sp³-hybridized carbons (Fsp3) is 0.533. The highest BCUT2D eigenvalue weighted by molar-refractivity contribution is 5.79. The zero-order chi connectivity index (χ0) is 16.4. The third kappa shape index (κ3) is 3.15. The molecule has 1 atom stereocenters. The second-order valence-corrected chi connectivity index (χ2v) is 5.69. The lowest BCUT2D eigenvalue weighted by Gasteiger charge is -2.24. The van der Waals surface area contributed by atoms with Crippen molar-refractivity contribution in [3.8, 4) is 0 Å². The van der Waals surface area contributed by atoms with Crippen molar-refractivity contribution in [1.82, 2.24) is 25.2 Å². The van der Waals surface area contributed by atoms with Crippen LogP contribution in [0.5, 0.6) is 0 Å². The van der Waals surface area contributed by atoms with Gasteiger partial charge in [-0.3, -0.25) is 4.79 Å². The number of hydrogen-bond donors (Lipinski definition) is 1. The Morgan fingerprint density at radius 1 is 1.39 bits per heavy atom. The fourth-order valence-electron chi connectivity index (χ4n) is 2.92. The topological polar surface area (TPSA) is 97.0 Å². The van der Waals surface area contributed by atoms with E-state index in [9.17, 15) is 4.79 Å². The predicted molar refractivity (Wildman–Crippen MR) is 82.7 cm³/mol. The van der Waals surface area contributed by atoms with E-state index in [2.05, 4.69) is 30.2 Å². The number of rotatable bonds is 4. The monoisotopic (exact) mass is 316 g/mol. The highest BCUT2D eigenvalue weighted by Gasteiger charge is 2.32. The van der Waals surface area contributed by atoms with Gasteiger partial charge in [0.05, 0.1) is 18.2 Å². The summed E-state index contributed by atoms with van der Waals surface area (Å²) in [6.45, 7) is 4.37. The van der Waals surface area contributed by atoms with Crippen molar-refractivity contribution in [3.63, 3.8) is 0 Å². The molecule has 3 heterocycles. The van der Waals surface area contributed by atoms with Gasteiger partial charge in [-0.15, -0.1) is 0 Å². The molecule has 8 heteroatoms. The second kappa shape index (κ2) is 6.31. The molecule has 0 spiro atoms. The number of aryl methyl sites for hydroxylation is 2. The third-order valence-corrected chi connectivity index (χ3v) is 4.09. The van der Waals surface area contributed by atoms with Gasteiger partial charge in [0, 0.05) is 19.7 Å². The molecule has 1 N–H and O–H groups in total. The van der Waals surface area contributed by atoms with Crippen molar-refractivity contribution >= 4 is 11.7 Å². The maximum Gasteiger partial charge on any atom is 0.229 e. The van der Waals surface area contributed by atoms with E-state index in [1.807, 2.05) is 24.9 Å². The summed E-state index contributed by atoms with van der Waals surface area (Å²) in [5.41, 5.74) is 2.13. The molecule has 1 amide bonds. The van der Waals surface area contributed by atoms with Gasteiger partial charge in [0.2, 0.25) is 5.91 Å². The highest BCUT2D eigenvalue weighted by Crippen LogP contribution is 2.32. The molecule has 0 aliphatic carbocycles. The van der Waals surface area contributed by atoms with Gasteiger partial charge in [-0.2, -0.15) is 0 Å². The number of nitrogens with zero attached hydrogens (tertiary/aromatic N) is 5. The van der Waals surface area contributed by atoms with E-state index in [-0.39, 0.29) is 18.4 Å². The number of carbonyl (C=O) groups excluding carboxylic acids is 1. The van der Waals surface area contributed by atoms with Crippen molar-refractivity contribution in [3.05, 3.63) is 29.0 Å². The van der Waals surface area contributed by atoms with Gasteiger partial charge in [0.1, 0.15) is 23.0 Å². The van der Waals surface area contributed by atoms with Gasteiger partial charge < -0.3 is 10.2 Å². The van der Waals surface area contributed by atoms with Crippen molar-refractivity contribution in [2.75, 3.05) is 18.9 Å². The summed E-state index contributed by atoms with van der Waals surface area (Å²) in [4.78, 5) is 23.3. The van der Waals surface area contributed by atoms with Gasteiger partial charge in [0.25, 0.3) is 0 Å². The SMILES string of the molecule is CNc1cc([C@@H]2CCCN2C(=O)Cc2nonc2C)nc(C)n1. The number of aromatic nitrogens is 4. The Hall–Kier alpha value is -2.51. The first kappa shape index (κ1) is 15.4. The Morgan fingerprint density at radius 2 is 2.22 bits per heavy atom. The van der Waals surface area contributed by atoms with E-state index < -0.39 is 0 Å². The minimum Gasteiger partial charge on any atom is -0.373 e. The van der Waals surface area contributed by atoms with Crippen LogP contribution in [0.25, 0.3) is 0 Å². The predicted octanol–water partition coefficient (Wildman–Crippen LogP) is 1.42. The Bertz CT molecular complexity index is 714. The highest BCUT2D eigenvalue weighted by atomic mass is 16.6. The number of hydrogen-bond acceptors (Lipinski definition) is 7. The summed E-state index contributed by atoms with van der Waals surface area (Å²) in [6.07, 6.45) is 2.07. The maximum atomic E-state index is 12.6. The van der Waals surface area contributed by atoms with Crippen LogP contribution in [0.1, 0.15) is 41.8 Å². The number of anilines is 1. The van der Waals surface area contributed by atoms with Crippen molar-refractivity contribution < 1.29 is 9.42 Å². The zero-order valence-corrected chi connectivity index (χ0v) is 13.5. The van der Waals surface area contributed by atoms with Crippen LogP contribution >= 0.6 is 0 Å². The Balaban J connectivity index is 1.81. The molecular weight excluding hydrogens is 296 g/mol. The molecule has 122 valence electrons.